The van der Waals surface area contributed by atoms with Crippen molar-refractivity contribution in [1.29, 1.82) is 0 Å². The fourth-order valence-corrected chi connectivity index (χ4v) is 2.41. The number of nitrogens with one attached hydrogen (secondary N) is 1. The van der Waals surface area contributed by atoms with Gasteiger partial charge in [0.1, 0.15) is 0 Å². The van der Waals surface area contributed by atoms with E-state index >= 15 is 0 Å². The van der Waals surface area contributed by atoms with Gasteiger partial charge in [-0.15, -0.1) is 0 Å². The molecule has 0 spiro atoms. The predicted molar refractivity (Wildman–Crippen MR) is 68.6 cm³/mol. The number of hydrogen-bond donors (Lipinski definition) is 2. The van der Waals surface area contributed by atoms with Crippen LogP contribution in [0.25, 0.3) is 0 Å². The number of carboxylic acid groups (broad SMARTS) is 1. The van der Waals surface area contributed by atoms with Crippen molar-refractivity contribution in [3.05, 3.63) is 11.7 Å². The van der Waals surface area contributed by atoms with Crippen LogP contribution in [-0.4, -0.2) is 27.3 Å². The van der Waals surface area contributed by atoms with Crippen LogP contribution < -0.4 is 5.32 Å². The molecule has 0 amide bonds. The highest BCUT2D eigenvalue weighted by atomic mass is 16.5. The molecule has 1 aromatic heterocycles. The summed E-state index contributed by atoms with van der Waals surface area (Å²) in [5, 5.41) is 16.3. The van der Waals surface area contributed by atoms with Crippen LogP contribution in [0.1, 0.15) is 57.2 Å². The number of carbonyl (C=O) groups is 1. The summed E-state index contributed by atoms with van der Waals surface area (Å²) < 4.78 is 5.15. The second kappa shape index (κ2) is 6.14. The van der Waals surface area contributed by atoms with Crippen LogP contribution in [0, 0.1) is 5.92 Å². The minimum atomic E-state index is -0.689. The van der Waals surface area contributed by atoms with Gasteiger partial charge in [-0.25, -0.2) is 0 Å². The summed E-state index contributed by atoms with van der Waals surface area (Å²) in [4.78, 5) is 15.3. The van der Waals surface area contributed by atoms with Crippen molar-refractivity contribution < 1.29 is 14.4 Å². The Kier molecular flexibility index (Phi) is 4.52. The predicted octanol–water partition coefficient (Wildman–Crippen LogP) is 1.93. The van der Waals surface area contributed by atoms with Crippen LogP contribution in [0.5, 0.6) is 0 Å². The average molecular weight is 267 g/mol. The van der Waals surface area contributed by atoms with Gasteiger partial charge in [0, 0.05) is 12.0 Å². The molecule has 1 aliphatic carbocycles. The number of carboxylic acids is 1. The number of nitrogens with zero attached hydrogens (tertiary/aromatic N) is 2. The maximum absolute atomic E-state index is 11.0. The summed E-state index contributed by atoms with van der Waals surface area (Å²) >= 11 is 0. The largest absolute Gasteiger partial charge is 0.481 e. The summed E-state index contributed by atoms with van der Waals surface area (Å²) in [6, 6.07) is 0.226. The Morgan fingerprint density at radius 3 is 2.95 bits per heavy atom. The third-order valence-corrected chi connectivity index (χ3v) is 3.57. The monoisotopic (exact) mass is 267 g/mol. The minimum absolute atomic E-state index is 0.222. The number of rotatable bonds is 5. The zero-order valence-electron chi connectivity index (χ0n) is 11.4. The second-order valence-corrected chi connectivity index (χ2v) is 5.48. The van der Waals surface area contributed by atoms with Crippen LogP contribution in [0.3, 0.4) is 0 Å². The van der Waals surface area contributed by atoms with Crippen molar-refractivity contribution in [3.8, 4) is 0 Å². The van der Waals surface area contributed by atoms with Gasteiger partial charge in [-0.3, -0.25) is 4.79 Å². The first-order valence-corrected chi connectivity index (χ1v) is 6.85. The van der Waals surface area contributed by atoms with Crippen molar-refractivity contribution in [2.24, 2.45) is 5.92 Å². The molecule has 2 rings (SSSR count). The average Bonchev–Trinajstić information content (AvgIpc) is 2.85. The van der Waals surface area contributed by atoms with Gasteiger partial charge in [-0.1, -0.05) is 25.4 Å². The van der Waals surface area contributed by atoms with E-state index in [2.05, 4.69) is 15.5 Å². The van der Waals surface area contributed by atoms with E-state index in [4.69, 9.17) is 9.63 Å². The van der Waals surface area contributed by atoms with E-state index in [-0.39, 0.29) is 17.9 Å². The van der Waals surface area contributed by atoms with Crippen molar-refractivity contribution in [2.45, 2.75) is 58.0 Å². The zero-order chi connectivity index (χ0) is 13.8. The van der Waals surface area contributed by atoms with E-state index in [0.29, 0.717) is 24.7 Å². The normalized spacial score (nSPS) is 23.7. The van der Waals surface area contributed by atoms with Crippen LogP contribution >= 0.6 is 0 Å². The molecule has 2 N–H and O–H groups in total. The lowest BCUT2D eigenvalue weighted by Gasteiger charge is -2.26. The summed E-state index contributed by atoms with van der Waals surface area (Å²) in [6.45, 7) is 4.54. The maximum Gasteiger partial charge on any atom is 0.306 e. The van der Waals surface area contributed by atoms with E-state index in [0.717, 1.165) is 19.3 Å². The molecule has 2 atom stereocenters. The summed E-state index contributed by atoms with van der Waals surface area (Å²) in [5.41, 5.74) is 0. The first kappa shape index (κ1) is 14.0. The van der Waals surface area contributed by atoms with Gasteiger partial charge < -0.3 is 14.9 Å². The third kappa shape index (κ3) is 3.76. The Labute approximate surface area is 112 Å². The second-order valence-electron chi connectivity index (χ2n) is 5.48. The van der Waals surface area contributed by atoms with Gasteiger partial charge in [0.05, 0.1) is 12.5 Å². The molecule has 6 nitrogen and oxygen atoms in total. The van der Waals surface area contributed by atoms with E-state index in [1.807, 2.05) is 13.8 Å². The smallest absolute Gasteiger partial charge is 0.306 e. The van der Waals surface area contributed by atoms with E-state index in [9.17, 15) is 4.79 Å². The van der Waals surface area contributed by atoms with E-state index in [1.165, 1.54) is 0 Å². The standard InChI is InChI=1S/C13H21N3O3/c1-8(2)12-15-11(19-16-12)7-14-10-5-3-4-9(6-10)13(17)18/h8-10,14H,3-7H2,1-2H3,(H,17,18). The quantitative estimate of drug-likeness (QED) is 0.847. The van der Waals surface area contributed by atoms with Gasteiger partial charge in [0.2, 0.25) is 5.89 Å². The van der Waals surface area contributed by atoms with Crippen molar-refractivity contribution >= 4 is 5.97 Å². The van der Waals surface area contributed by atoms with Crippen LogP contribution in [0.2, 0.25) is 0 Å². The Morgan fingerprint density at radius 2 is 2.32 bits per heavy atom. The maximum atomic E-state index is 11.0. The molecule has 1 aliphatic rings. The Bertz CT molecular complexity index is 431. The highest BCUT2D eigenvalue weighted by molar-refractivity contribution is 5.70. The molecule has 106 valence electrons. The fourth-order valence-electron chi connectivity index (χ4n) is 2.41. The van der Waals surface area contributed by atoms with Gasteiger partial charge in [-0.05, 0) is 19.3 Å². The van der Waals surface area contributed by atoms with E-state index in [1.54, 1.807) is 0 Å². The lowest BCUT2D eigenvalue weighted by Crippen LogP contribution is -2.36. The molecule has 19 heavy (non-hydrogen) atoms. The molecular weight excluding hydrogens is 246 g/mol. The number of hydrogen-bond acceptors (Lipinski definition) is 5. The van der Waals surface area contributed by atoms with Crippen LogP contribution in [-0.2, 0) is 11.3 Å². The number of aliphatic carboxylic acids is 1. The van der Waals surface area contributed by atoms with Crippen LogP contribution in [0.15, 0.2) is 4.52 Å². The summed E-state index contributed by atoms with van der Waals surface area (Å²) in [7, 11) is 0. The molecular formula is C13H21N3O3. The topological polar surface area (TPSA) is 88.2 Å². The Hall–Kier alpha value is -1.43. The SMILES string of the molecule is CC(C)c1noc(CNC2CCCC(C(=O)O)C2)n1. The van der Waals surface area contributed by atoms with Gasteiger partial charge in [0.25, 0.3) is 0 Å². The first-order chi connectivity index (χ1) is 9.06. The molecule has 1 heterocycles. The molecule has 0 radical (unpaired) electrons. The molecule has 0 bridgehead atoms. The molecule has 1 saturated carbocycles. The molecule has 6 heteroatoms. The lowest BCUT2D eigenvalue weighted by molar-refractivity contribution is -0.143. The zero-order valence-corrected chi connectivity index (χ0v) is 11.4. The van der Waals surface area contributed by atoms with Gasteiger partial charge >= 0.3 is 5.97 Å². The molecule has 2 unspecified atom stereocenters. The summed E-state index contributed by atoms with van der Waals surface area (Å²) in [5.74, 6) is 0.625. The Balaban J connectivity index is 1.82. The number of aromatic nitrogens is 2. The third-order valence-electron chi connectivity index (χ3n) is 3.57. The lowest BCUT2D eigenvalue weighted by atomic mass is 9.86. The fraction of sp³-hybridized carbons (Fsp3) is 0.769. The molecule has 1 fully saturated rings. The van der Waals surface area contributed by atoms with Crippen molar-refractivity contribution in [1.82, 2.24) is 15.5 Å². The van der Waals surface area contributed by atoms with Gasteiger partial charge in [0.15, 0.2) is 5.82 Å². The van der Waals surface area contributed by atoms with E-state index < -0.39 is 5.97 Å². The summed E-state index contributed by atoms with van der Waals surface area (Å²) in [6.07, 6.45) is 3.43. The first-order valence-electron chi connectivity index (χ1n) is 6.85. The molecule has 1 aromatic rings. The molecule has 0 saturated heterocycles. The van der Waals surface area contributed by atoms with Crippen LogP contribution in [0.4, 0.5) is 0 Å². The Morgan fingerprint density at radius 1 is 1.53 bits per heavy atom. The van der Waals surface area contributed by atoms with Gasteiger partial charge in [-0.2, -0.15) is 4.98 Å². The molecule has 0 aliphatic heterocycles. The minimum Gasteiger partial charge on any atom is -0.481 e. The molecule has 0 aromatic carbocycles. The highest BCUT2D eigenvalue weighted by Gasteiger charge is 2.26. The van der Waals surface area contributed by atoms with Crippen molar-refractivity contribution in [3.63, 3.8) is 0 Å². The highest BCUT2D eigenvalue weighted by Crippen LogP contribution is 2.24. The van der Waals surface area contributed by atoms with Crippen molar-refractivity contribution in [2.75, 3.05) is 0 Å².